The number of benzene rings is 1. The quantitative estimate of drug-likeness (QED) is 0.678. The van der Waals surface area contributed by atoms with Crippen molar-refractivity contribution in [1.82, 2.24) is 19.4 Å². The highest BCUT2D eigenvalue weighted by Crippen LogP contribution is 2.60. The highest BCUT2D eigenvalue weighted by Gasteiger charge is 2.68. The van der Waals surface area contributed by atoms with Crippen LogP contribution in [0, 0.1) is 18.8 Å². The van der Waals surface area contributed by atoms with E-state index >= 15 is 0 Å². The fourth-order valence-electron chi connectivity index (χ4n) is 7.41. The summed E-state index contributed by atoms with van der Waals surface area (Å²) in [6.45, 7) is 9.20. The molecule has 0 bridgehead atoms. The van der Waals surface area contributed by atoms with E-state index in [1.54, 1.807) is 12.4 Å². The lowest BCUT2D eigenvalue weighted by molar-refractivity contribution is -0.151. The van der Waals surface area contributed by atoms with Crippen molar-refractivity contribution in [3.63, 3.8) is 0 Å². The first kappa shape index (κ1) is 23.8. The Bertz CT molecular complexity index is 1200. The molecule has 0 radical (unpaired) electrons. The molecule has 2 aromatic rings. The second kappa shape index (κ2) is 8.21. The number of piperidine rings is 1. The van der Waals surface area contributed by atoms with Crippen LogP contribution in [0.15, 0.2) is 24.7 Å². The van der Waals surface area contributed by atoms with Crippen LogP contribution in [0.2, 0.25) is 0 Å². The summed E-state index contributed by atoms with van der Waals surface area (Å²) in [6.07, 6.45) is 5.82. The molecule has 2 saturated heterocycles. The van der Waals surface area contributed by atoms with Gasteiger partial charge in [-0.25, -0.2) is 4.98 Å². The third kappa shape index (κ3) is 3.40. The zero-order valence-electron chi connectivity index (χ0n) is 21.8. The van der Waals surface area contributed by atoms with Crippen molar-refractivity contribution in [3.8, 4) is 11.5 Å². The minimum Gasteiger partial charge on any atom is -0.504 e. The number of imidazole rings is 1. The molecule has 8 nitrogen and oxygen atoms in total. The molecule has 3 unspecified atom stereocenters. The van der Waals surface area contributed by atoms with Crippen LogP contribution in [0.5, 0.6) is 11.5 Å². The first-order chi connectivity index (χ1) is 17.1. The van der Waals surface area contributed by atoms with Gasteiger partial charge in [0, 0.05) is 37.9 Å². The highest BCUT2D eigenvalue weighted by molar-refractivity contribution is 5.78. The SMILES string of the molecule is Cc1ccc(O)c2c1C13CCN(CC4CC4C)[C@H](C)[C@]1(O)CCN(C(=O)Cc1cn(C)cn1)C[C@@H]3O2. The number of hydrogen-bond donors (Lipinski definition) is 2. The molecule has 8 heteroatoms. The van der Waals surface area contributed by atoms with Crippen molar-refractivity contribution < 1.29 is 19.7 Å². The van der Waals surface area contributed by atoms with Gasteiger partial charge in [0.2, 0.25) is 5.91 Å². The molecule has 6 atom stereocenters. The number of ether oxygens (including phenoxy) is 1. The molecular weight excluding hydrogens is 456 g/mol. The van der Waals surface area contributed by atoms with E-state index in [9.17, 15) is 15.0 Å². The number of phenolic OH excluding ortho intramolecular Hbond substituents is 1. The van der Waals surface area contributed by atoms with E-state index in [2.05, 4.69) is 23.7 Å². The van der Waals surface area contributed by atoms with E-state index in [1.165, 1.54) is 6.42 Å². The third-order valence-electron chi connectivity index (χ3n) is 9.74. The number of aromatic nitrogens is 2. The minimum atomic E-state index is -1.10. The number of likely N-dealkylation sites (tertiary alicyclic amines) is 2. The van der Waals surface area contributed by atoms with Gasteiger partial charge in [0.05, 0.1) is 36.0 Å². The van der Waals surface area contributed by atoms with E-state index in [0.717, 1.165) is 42.2 Å². The van der Waals surface area contributed by atoms with E-state index in [-0.39, 0.29) is 24.1 Å². The molecule has 1 saturated carbocycles. The molecule has 6 rings (SSSR count). The van der Waals surface area contributed by atoms with Crippen LogP contribution in [0.1, 0.15) is 49.9 Å². The monoisotopic (exact) mass is 494 g/mol. The molecule has 4 heterocycles. The number of carbonyl (C=O) groups is 1. The highest BCUT2D eigenvalue weighted by atomic mass is 16.5. The number of fused-ring (bicyclic) bond motifs is 1. The van der Waals surface area contributed by atoms with Gasteiger partial charge in [-0.15, -0.1) is 0 Å². The van der Waals surface area contributed by atoms with E-state index in [0.29, 0.717) is 31.2 Å². The number of hydrogen-bond acceptors (Lipinski definition) is 6. The Labute approximate surface area is 212 Å². The van der Waals surface area contributed by atoms with Crippen LogP contribution in [-0.4, -0.2) is 79.4 Å². The maximum Gasteiger partial charge on any atom is 0.228 e. The number of aliphatic hydroxyl groups is 1. The van der Waals surface area contributed by atoms with Crippen molar-refractivity contribution in [2.45, 2.75) is 69.6 Å². The molecule has 1 aromatic heterocycles. The number of aryl methyl sites for hydroxylation is 2. The molecule has 2 N–H and O–H groups in total. The first-order valence-electron chi connectivity index (χ1n) is 13.3. The van der Waals surface area contributed by atoms with Crippen molar-refractivity contribution in [1.29, 1.82) is 0 Å². The normalized spacial score (nSPS) is 35.4. The van der Waals surface area contributed by atoms with Crippen molar-refractivity contribution in [2.24, 2.45) is 18.9 Å². The summed E-state index contributed by atoms with van der Waals surface area (Å²) in [5.41, 5.74) is 0.905. The summed E-state index contributed by atoms with van der Waals surface area (Å²) >= 11 is 0. The van der Waals surface area contributed by atoms with Gasteiger partial charge >= 0.3 is 0 Å². The van der Waals surface area contributed by atoms with Gasteiger partial charge in [-0.2, -0.15) is 0 Å². The standard InChI is InChI=1S/C28H38N4O4/c1-17-5-6-22(33)26-25(17)27-7-9-31(13-20-11-18(20)2)19(3)28(27,35)8-10-32(15-23(27)36-26)24(34)12-21-14-30(4)16-29-21/h5-6,14,16,18-20,23,33,35H,7-13,15H2,1-4H3/t18?,19-,20?,23+,27?,28-/m1/s1. The average Bonchev–Trinajstić information content (AvgIpc) is 3.25. The van der Waals surface area contributed by atoms with Crippen molar-refractivity contribution >= 4 is 5.91 Å². The zero-order valence-corrected chi connectivity index (χ0v) is 21.8. The number of aromatic hydroxyl groups is 1. The van der Waals surface area contributed by atoms with Crippen molar-refractivity contribution in [2.75, 3.05) is 26.2 Å². The second-order valence-corrected chi connectivity index (χ2v) is 11.8. The maximum atomic E-state index is 13.4. The van der Waals surface area contributed by atoms with Gasteiger partial charge in [0.25, 0.3) is 0 Å². The number of amides is 1. The van der Waals surface area contributed by atoms with Gasteiger partial charge in [0.1, 0.15) is 6.10 Å². The van der Waals surface area contributed by atoms with Crippen LogP contribution < -0.4 is 4.74 Å². The summed E-state index contributed by atoms with van der Waals surface area (Å²) in [6, 6.07) is 3.50. The van der Waals surface area contributed by atoms with Crippen LogP contribution in [0.3, 0.4) is 0 Å². The second-order valence-electron chi connectivity index (χ2n) is 11.8. The molecule has 1 spiro atoms. The predicted molar refractivity (Wildman–Crippen MR) is 135 cm³/mol. The molecule has 1 amide bonds. The zero-order chi connectivity index (χ0) is 25.4. The fourth-order valence-corrected chi connectivity index (χ4v) is 7.41. The van der Waals surface area contributed by atoms with Gasteiger partial charge in [-0.3, -0.25) is 9.69 Å². The molecule has 194 valence electrons. The van der Waals surface area contributed by atoms with Crippen LogP contribution in [0.4, 0.5) is 0 Å². The molecule has 4 aliphatic rings. The van der Waals surface area contributed by atoms with E-state index < -0.39 is 17.1 Å². The number of rotatable bonds is 4. The average molecular weight is 495 g/mol. The van der Waals surface area contributed by atoms with E-state index in [1.807, 2.05) is 35.7 Å². The first-order valence-corrected chi connectivity index (χ1v) is 13.3. The van der Waals surface area contributed by atoms with Crippen LogP contribution in [0.25, 0.3) is 0 Å². The van der Waals surface area contributed by atoms with E-state index in [4.69, 9.17) is 4.74 Å². The Hall–Kier alpha value is -2.58. The summed E-state index contributed by atoms with van der Waals surface area (Å²) in [4.78, 5) is 22.1. The molecule has 1 aromatic carbocycles. The minimum absolute atomic E-state index is 0.0112. The van der Waals surface area contributed by atoms with Crippen LogP contribution in [-0.2, 0) is 23.7 Å². The lowest BCUT2D eigenvalue weighted by Gasteiger charge is -2.57. The summed E-state index contributed by atoms with van der Waals surface area (Å²) < 4.78 is 8.36. The Balaban J connectivity index is 1.39. The molecule has 3 fully saturated rings. The summed E-state index contributed by atoms with van der Waals surface area (Å²) in [5.74, 6) is 2.02. The summed E-state index contributed by atoms with van der Waals surface area (Å²) in [7, 11) is 1.89. The van der Waals surface area contributed by atoms with Gasteiger partial charge in [0.15, 0.2) is 11.5 Å². The number of phenols is 1. The molecule has 36 heavy (non-hydrogen) atoms. The van der Waals surface area contributed by atoms with Gasteiger partial charge < -0.3 is 24.4 Å². The smallest absolute Gasteiger partial charge is 0.228 e. The molecular formula is C28H38N4O4. The molecule has 3 aliphatic heterocycles. The maximum absolute atomic E-state index is 13.4. The van der Waals surface area contributed by atoms with Crippen molar-refractivity contribution in [3.05, 3.63) is 41.5 Å². The number of carbonyl (C=O) groups excluding carboxylic acids is 1. The lowest BCUT2D eigenvalue weighted by atomic mass is 9.56. The van der Waals surface area contributed by atoms with Gasteiger partial charge in [-0.1, -0.05) is 13.0 Å². The Morgan fingerprint density at radius 2 is 2.03 bits per heavy atom. The van der Waals surface area contributed by atoms with Gasteiger partial charge in [-0.05, 0) is 63.1 Å². The fraction of sp³-hybridized carbons (Fsp3) is 0.643. The molecule has 1 aliphatic carbocycles. The lowest BCUT2D eigenvalue weighted by Crippen LogP contribution is -2.70. The Morgan fingerprint density at radius 1 is 1.25 bits per heavy atom. The Morgan fingerprint density at radius 3 is 2.72 bits per heavy atom. The summed E-state index contributed by atoms with van der Waals surface area (Å²) in [5, 5.41) is 23.6. The predicted octanol–water partition coefficient (Wildman–Crippen LogP) is 2.39. The largest absolute Gasteiger partial charge is 0.504 e. The van der Waals surface area contributed by atoms with Crippen LogP contribution >= 0.6 is 0 Å². The topological polar surface area (TPSA) is 91.1 Å². The number of nitrogens with zero attached hydrogens (tertiary/aromatic N) is 4. The third-order valence-corrected chi connectivity index (χ3v) is 9.74. The Kier molecular flexibility index (Phi) is 5.43.